The molecule has 11 nitrogen and oxygen atoms in total. The van der Waals surface area contributed by atoms with Crippen molar-refractivity contribution in [3.63, 3.8) is 0 Å². The fourth-order valence-electron chi connectivity index (χ4n) is 3.95. The smallest absolute Gasteiger partial charge is 0.412 e. The summed E-state index contributed by atoms with van der Waals surface area (Å²) in [6.07, 6.45) is -0.239. The van der Waals surface area contributed by atoms with Crippen molar-refractivity contribution in [3.05, 3.63) is 47.4 Å². The number of hydrogen-bond acceptors (Lipinski definition) is 8. The number of halogens is 4. The third-order valence-corrected chi connectivity index (χ3v) is 6.50. The predicted octanol–water partition coefficient (Wildman–Crippen LogP) is 5.27. The molecule has 0 radical (unpaired) electrons. The predicted molar refractivity (Wildman–Crippen MR) is 146 cm³/mol. The largest absolute Gasteiger partial charge is 0.504 e. The summed E-state index contributed by atoms with van der Waals surface area (Å²) in [7, 11) is 0. The lowest BCUT2D eigenvalue weighted by atomic mass is 10.1. The Balaban J connectivity index is 1.55. The zero-order chi connectivity index (χ0) is 30.4. The first kappa shape index (κ1) is 30.4. The van der Waals surface area contributed by atoms with Gasteiger partial charge in [0.15, 0.2) is 17.6 Å². The number of hydrogen-bond donors (Lipinski definition) is 4. The van der Waals surface area contributed by atoms with Gasteiger partial charge in [-0.2, -0.15) is 18.3 Å². The summed E-state index contributed by atoms with van der Waals surface area (Å²) in [6.45, 7) is 1.90. The van der Waals surface area contributed by atoms with Crippen molar-refractivity contribution in [2.75, 3.05) is 11.9 Å². The summed E-state index contributed by atoms with van der Waals surface area (Å²) in [5.41, 5.74) is -0.608. The Morgan fingerprint density at radius 2 is 1.98 bits per heavy atom. The van der Waals surface area contributed by atoms with Gasteiger partial charge in [-0.15, -0.1) is 5.10 Å². The zero-order valence-electron chi connectivity index (χ0n) is 22.5. The number of alkyl halides is 3. The van der Waals surface area contributed by atoms with Crippen LogP contribution in [0.3, 0.4) is 0 Å². The Bertz CT molecular complexity index is 1450. The Hall–Kier alpha value is -4.56. The molecule has 0 spiro atoms. The maximum Gasteiger partial charge on any atom is 0.412 e. The summed E-state index contributed by atoms with van der Waals surface area (Å²) < 4.78 is 53.5. The van der Waals surface area contributed by atoms with Crippen molar-refractivity contribution in [1.82, 2.24) is 10.3 Å². The lowest BCUT2D eigenvalue weighted by molar-refractivity contribution is -0.152. The number of aromatic nitrogens is 1. The van der Waals surface area contributed by atoms with Gasteiger partial charge in [-0.25, -0.2) is 14.4 Å². The summed E-state index contributed by atoms with van der Waals surface area (Å²) in [6, 6.07) is 2.84. The lowest BCUT2D eigenvalue weighted by Crippen LogP contribution is -2.30. The normalized spacial score (nSPS) is 16.5. The van der Waals surface area contributed by atoms with Crippen LogP contribution in [-0.4, -0.2) is 58.3 Å². The van der Waals surface area contributed by atoms with E-state index >= 15 is 0 Å². The maximum absolute atomic E-state index is 14.2. The number of aliphatic imine (C=N–C) groups is 1. The van der Waals surface area contributed by atoms with Gasteiger partial charge in [0.1, 0.15) is 11.5 Å². The van der Waals surface area contributed by atoms with Crippen LogP contribution in [0.4, 0.5) is 29.1 Å². The van der Waals surface area contributed by atoms with Gasteiger partial charge in [-0.05, 0) is 79.5 Å². The molecule has 222 valence electrons. The molecule has 2 amide bonds. The Morgan fingerprint density at radius 3 is 2.62 bits per heavy atom. The van der Waals surface area contributed by atoms with Crippen LogP contribution in [-0.2, 0) is 4.79 Å². The van der Waals surface area contributed by atoms with Crippen LogP contribution in [0.25, 0.3) is 0 Å². The minimum absolute atomic E-state index is 0.0138. The quantitative estimate of drug-likeness (QED) is 0.115. The number of nitrogens with one attached hydrogen (secondary N) is 3. The summed E-state index contributed by atoms with van der Waals surface area (Å²) >= 11 is 0. The highest BCUT2D eigenvalue weighted by atomic mass is 19.4. The van der Waals surface area contributed by atoms with E-state index in [1.54, 1.807) is 0 Å². The monoisotopic (exact) mass is 588 g/mol. The summed E-state index contributed by atoms with van der Waals surface area (Å²) in [5.74, 6) is -3.09. The molecule has 2 aliphatic carbocycles. The van der Waals surface area contributed by atoms with Crippen molar-refractivity contribution in [2.45, 2.75) is 51.2 Å². The second-order valence-corrected chi connectivity index (χ2v) is 10.1. The number of amides is 2. The molecule has 2 aromatic rings. The number of carbonyl (C=O) groups is 2. The van der Waals surface area contributed by atoms with E-state index in [1.165, 1.54) is 25.3 Å². The number of aryl methyl sites for hydroxylation is 1. The van der Waals surface area contributed by atoms with E-state index in [4.69, 9.17) is 5.41 Å². The number of nitrogens with zero attached hydrogens (tertiary/aromatic N) is 5. The molecule has 2 fully saturated rings. The number of rotatable bonds is 12. The summed E-state index contributed by atoms with van der Waals surface area (Å²) in [5, 5.41) is 33.4. The van der Waals surface area contributed by atoms with Gasteiger partial charge in [0.05, 0.1) is 23.2 Å². The zero-order valence-corrected chi connectivity index (χ0v) is 22.5. The van der Waals surface area contributed by atoms with Crippen LogP contribution in [0.1, 0.15) is 48.0 Å². The first-order valence-corrected chi connectivity index (χ1v) is 13.1. The highest BCUT2D eigenvalue weighted by molar-refractivity contribution is 6.50. The average molecular weight is 589 g/mol. The van der Waals surface area contributed by atoms with Crippen LogP contribution in [0, 0.1) is 30.0 Å². The van der Waals surface area contributed by atoms with Crippen LogP contribution in [0.5, 0.6) is 5.75 Å². The lowest BCUT2D eigenvalue weighted by Gasteiger charge is -2.15. The molecule has 0 bridgehead atoms. The number of aromatic hydroxyl groups is 1. The molecule has 0 aliphatic heterocycles. The molecule has 0 saturated heterocycles. The van der Waals surface area contributed by atoms with Crippen molar-refractivity contribution in [3.8, 4) is 5.75 Å². The molecular weight excluding hydrogens is 560 g/mol. The molecule has 4 N–H and O–H groups in total. The third kappa shape index (κ3) is 8.47. The van der Waals surface area contributed by atoms with E-state index < -0.39 is 42.2 Å². The average Bonchev–Trinajstić information content (AvgIpc) is 3.84. The summed E-state index contributed by atoms with van der Waals surface area (Å²) in [4.78, 5) is 34.2. The topological polar surface area (TPSA) is 165 Å². The van der Waals surface area contributed by atoms with E-state index in [0.717, 1.165) is 31.2 Å². The van der Waals surface area contributed by atoms with Crippen molar-refractivity contribution in [2.24, 2.45) is 32.3 Å². The van der Waals surface area contributed by atoms with E-state index in [9.17, 15) is 32.3 Å². The Labute approximate surface area is 237 Å². The van der Waals surface area contributed by atoms with Gasteiger partial charge >= 0.3 is 6.18 Å². The standard InChI is InChI=1S/C27H28F4N8O3/c1-14-9-17(28)10-19(25(41)34-12-15-4-5-15)22(14)37-26(42)20(36-24-21(40)3-2-8-33-24)11-18(32)13-35-39-38-23(16-6-7-16)27(29,30)31/h2-3,8-10,13,15-16,23,32,40H,4-7,11-12H2,1H3,(H,34,41)(H,37,42)/b32-18?,35-13+,36-20?,39-38?. The molecule has 2 aliphatic rings. The van der Waals surface area contributed by atoms with Crippen LogP contribution in [0.2, 0.25) is 0 Å². The van der Waals surface area contributed by atoms with Crippen LogP contribution in [0.15, 0.2) is 50.9 Å². The molecular formula is C27H28F4N8O3. The maximum atomic E-state index is 14.2. The Kier molecular flexibility index (Phi) is 9.38. The number of pyridine rings is 1. The van der Waals surface area contributed by atoms with Gasteiger partial charge in [0, 0.05) is 19.2 Å². The van der Waals surface area contributed by atoms with Crippen LogP contribution < -0.4 is 10.6 Å². The van der Waals surface area contributed by atoms with Gasteiger partial charge in [0.25, 0.3) is 11.8 Å². The fourth-order valence-corrected chi connectivity index (χ4v) is 3.95. The second kappa shape index (κ2) is 13.0. The molecule has 42 heavy (non-hydrogen) atoms. The molecule has 2 saturated carbocycles. The molecule has 4 rings (SSSR count). The SMILES string of the molecule is Cc1cc(F)cc(C(=O)NCC2CC2)c1NC(=O)C(CC(=N)/C=N/N=NC(C1CC1)C(F)(F)F)=Nc1ncccc1O. The molecule has 1 atom stereocenters. The molecule has 15 heteroatoms. The first-order valence-electron chi connectivity index (χ1n) is 13.1. The van der Waals surface area contributed by atoms with Gasteiger partial charge in [-0.1, -0.05) is 0 Å². The van der Waals surface area contributed by atoms with Crippen molar-refractivity contribution >= 4 is 41.0 Å². The van der Waals surface area contributed by atoms with E-state index in [2.05, 4.69) is 36.0 Å². The third-order valence-electron chi connectivity index (χ3n) is 6.50. The molecule has 1 aromatic heterocycles. The number of carbonyl (C=O) groups excluding carboxylic acids is 2. The highest BCUT2D eigenvalue weighted by Gasteiger charge is 2.49. The van der Waals surface area contributed by atoms with Gasteiger partial charge in [0.2, 0.25) is 0 Å². The minimum atomic E-state index is -4.57. The first-order chi connectivity index (χ1) is 19.9. The number of anilines is 1. The van der Waals surface area contributed by atoms with E-state index in [1.807, 2.05) is 0 Å². The molecule has 1 aromatic carbocycles. The van der Waals surface area contributed by atoms with E-state index in [-0.39, 0.29) is 39.8 Å². The van der Waals surface area contributed by atoms with Crippen molar-refractivity contribution in [1.29, 1.82) is 5.41 Å². The van der Waals surface area contributed by atoms with Crippen molar-refractivity contribution < 1.29 is 32.3 Å². The minimum Gasteiger partial charge on any atom is -0.504 e. The van der Waals surface area contributed by atoms with Crippen LogP contribution >= 0.6 is 0 Å². The van der Waals surface area contributed by atoms with Gasteiger partial charge < -0.3 is 21.1 Å². The molecule has 1 heterocycles. The Morgan fingerprint density at radius 1 is 1.24 bits per heavy atom. The molecule has 1 unspecified atom stereocenters. The van der Waals surface area contributed by atoms with E-state index in [0.29, 0.717) is 25.3 Å². The second-order valence-electron chi connectivity index (χ2n) is 10.1. The van der Waals surface area contributed by atoms with Gasteiger partial charge in [-0.3, -0.25) is 9.59 Å². The highest BCUT2D eigenvalue weighted by Crippen LogP contribution is 2.42. The fraction of sp³-hybridized carbons (Fsp3) is 0.407. The number of benzene rings is 1.